The fourth-order valence-corrected chi connectivity index (χ4v) is 2.49. The van der Waals surface area contributed by atoms with E-state index in [1.54, 1.807) is 0 Å². The number of nitrogens with two attached hydrogens (primary N) is 1. The first kappa shape index (κ1) is 13.5. The zero-order valence-corrected chi connectivity index (χ0v) is 11.2. The molecule has 1 aromatic rings. The van der Waals surface area contributed by atoms with Crippen LogP contribution in [0.15, 0.2) is 17.2 Å². The fourth-order valence-electron chi connectivity index (χ4n) is 1.72. The molecule has 1 saturated heterocycles. The highest BCUT2D eigenvalue weighted by Gasteiger charge is 2.17. The number of pyridine rings is 1. The molecule has 6 nitrogen and oxygen atoms in total. The summed E-state index contributed by atoms with van der Waals surface area (Å²) in [6, 6.07) is 1.24. The number of ether oxygens (including phenoxy) is 1. The number of hydrogen-bond acceptors (Lipinski definition) is 5. The van der Waals surface area contributed by atoms with E-state index in [1.807, 2.05) is 0 Å². The molecule has 0 radical (unpaired) electrons. The van der Waals surface area contributed by atoms with Gasteiger partial charge in [0.25, 0.3) is 0 Å². The minimum absolute atomic E-state index is 0.123. The number of aromatic nitrogens is 1. The predicted octanol–water partition coefficient (Wildman–Crippen LogP) is 0.371. The maximum Gasteiger partial charge on any atom is 0.239 e. The number of hydrogen-bond donors (Lipinski definition) is 2. The van der Waals surface area contributed by atoms with Gasteiger partial charge in [0, 0.05) is 12.5 Å². The van der Waals surface area contributed by atoms with E-state index in [2.05, 4.69) is 10.3 Å². The van der Waals surface area contributed by atoms with Crippen LogP contribution in [0.4, 0.5) is 0 Å². The largest absolute Gasteiger partial charge is 0.476 e. The lowest BCUT2D eigenvalue weighted by atomic mass is 10.1. The van der Waals surface area contributed by atoms with Gasteiger partial charge in [-0.15, -0.1) is 0 Å². The Morgan fingerprint density at radius 3 is 2.94 bits per heavy atom. The van der Waals surface area contributed by atoms with Crippen molar-refractivity contribution in [2.75, 3.05) is 19.7 Å². The van der Waals surface area contributed by atoms with Crippen LogP contribution >= 0.6 is 11.6 Å². The van der Waals surface area contributed by atoms with Crippen LogP contribution in [0.5, 0.6) is 5.88 Å². The van der Waals surface area contributed by atoms with E-state index in [-0.39, 0.29) is 15.8 Å². The number of rotatable bonds is 4. The van der Waals surface area contributed by atoms with Crippen molar-refractivity contribution in [2.24, 2.45) is 11.1 Å². The Morgan fingerprint density at radius 2 is 2.39 bits per heavy atom. The lowest BCUT2D eigenvalue weighted by molar-refractivity contribution is 0.251. The summed E-state index contributed by atoms with van der Waals surface area (Å²) in [7, 11) is -3.79. The molecule has 0 amide bonds. The summed E-state index contributed by atoms with van der Waals surface area (Å²) < 4.78 is 27.7. The third-order valence-electron chi connectivity index (χ3n) is 2.73. The van der Waals surface area contributed by atoms with Gasteiger partial charge in [0.1, 0.15) is 9.92 Å². The van der Waals surface area contributed by atoms with Crippen LogP contribution in [0.3, 0.4) is 0 Å². The maximum absolute atomic E-state index is 11.1. The summed E-state index contributed by atoms with van der Waals surface area (Å²) in [5.41, 5.74) is 0. The van der Waals surface area contributed by atoms with Crippen molar-refractivity contribution in [1.29, 1.82) is 0 Å². The monoisotopic (exact) mass is 291 g/mol. The number of primary sulfonamides is 1. The Kier molecular flexibility index (Phi) is 4.06. The van der Waals surface area contributed by atoms with E-state index in [0.717, 1.165) is 25.7 Å². The molecule has 1 aliphatic rings. The zero-order valence-electron chi connectivity index (χ0n) is 9.60. The van der Waals surface area contributed by atoms with Gasteiger partial charge in [0.15, 0.2) is 0 Å². The molecule has 0 unspecified atom stereocenters. The molecular weight excluding hydrogens is 278 g/mol. The second kappa shape index (κ2) is 5.40. The van der Waals surface area contributed by atoms with Crippen molar-refractivity contribution in [2.45, 2.75) is 11.3 Å². The first-order valence-electron chi connectivity index (χ1n) is 5.48. The lowest BCUT2D eigenvalue weighted by Gasteiger charge is -2.11. The van der Waals surface area contributed by atoms with Crippen molar-refractivity contribution < 1.29 is 13.2 Å². The molecule has 3 N–H and O–H groups in total. The van der Waals surface area contributed by atoms with Gasteiger partial charge < -0.3 is 10.1 Å². The second-order valence-corrected chi connectivity index (χ2v) is 6.14. The van der Waals surface area contributed by atoms with E-state index in [9.17, 15) is 8.42 Å². The summed E-state index contributed by atoms with van der Waals surface area (Å²) in [6.07, 6.45) is 2.19. The average molecular weight is 292 g/mol. The summed E-state index contributed by atoms with van der Waals surface area (Å²) >= 11 is 5.90. The molecular formula is C10H14ClN3O3S. The smallest absolute Gasteiger partial charge is 0.239 e. The van der Waals surface area contributed by atoms with Crippen LogP contribution in [-0.2, 0) is 10.0 Å². The van der Waals surface area contributed by atoms with Gasteiger partial charge in [0.2, 0.25) is 15.9 Å². The van der Waals surface area contributed by atoms with Gasteiger partial charge >= 0.3 is 0 Å². The molecule has 0 saturated carbocycles. The van der Waals surface area contributed by atoms with Crippen molar-refractivity contribution >= 4 is 21.6 Å². The molecule has 0 spiro atoms. The molecule has 18 heavy (non-hydrogen) atoms. The van der Waals surface area contributed by atoms with Crippen molar-refractivity contribution in [1.82, 2.24) is 10.3 Å². The normalized spacial score (nSPS) is 20.0. The first-order valence-corrected chi connectivity index (χ1v) is 7.41. The minimum atomic E-state index is -3.79. The topological polar surface area (TPSA) is 94.3 Å². The van der Waals surface area contributed by atoms with Gasteiger partial charge in [-0.1, -0.05) is 11.6 Å². The predicted molar refractivity (Wildman–Crippen MR) is 67.1 cm³/mol. The number of halogens is 1. The molecule has 1 atom stereocenters. The van der Waals surface area contributed by atoms with Crippen LogP contribution < -0.4 is 15.2 Å². The Hall–Kier alpha value is -0.890. The molecule has 0 bridgehead atoms. The van der Waals surface area contributed by atoms with Gasteiger partial charge in [-0.25, -0.2) is 18.5 Å². The van der Waals surface area contributed by atoms with Gasteiger partial charge in [0.05, 0.1) is 12.8 Å². The van der Waals surface area contributed by atoms with Crippen LogP contribution in [0, 0.1) is 5.92 Å². The Balaban J connectivity index is 2.05. The summed E-state index contributed by atoms with van der Waals surface area (Å²) in [4.78, 5) is 3.75. The third kappa shape index (κ3) is 3.32. The first-order chi connectivity index (χ1) is 8.47. The van der Waals surface area contributed by atoms with Crippen molar-refractivity contribution in [3.63, 3.8) is 0 Å². The Morgan fingerprint density at radius 1 is 1.61 bits per heavy atom. The highest BCUT2D eigenvalue weighted by Crippen LogP contribution is 2.24. The van der Waals surface area contributed by atoms with Crippen LogP contribution in [0.2, 0.25) is 5.02 Å². The standard InChI is InChI=1S/C10H14ClN3O3S/c11-9-3-8(18(12,15)16)5-14-10(9)17-6-7-1-2-13-4-7/h3,5,7,13H,1-2,4,6H2,(H2,12,15,16)/t7-/m1/s1. The summed E-state index contributed by atoms with van der Waals surface area (Å²) in [6.45, 7) is 2.40. The second-order valence-electron chi connectivity index (χ2n) is 4.17. The molecule has 2 heterocycles. The summed E-state index contributed by atoms with van der Waals surface area (Å²) in [5, 5.41) is 8.34. The van der Waals surface area contributed by atoms with Crippen molar-refractivity contribution in [3.8, 4) is 5.88 Å². The zero-order chi connectivity index (χ0) is 13.2. The Bertz CT molecular complexity index is 529. The number of nitrogens with one attached hydrogen (secondary N) is 1. The minimum Gasteiger partial charge on any atom is -0.476 e. The average Bonchev–Trinajstić information content (AvgIpc) is 2.79. The molecule has 0 aliphatic carbocycles. The molecule has 2 rings (SSSR count). The van der Waals surface area contributed by atoms with Crippen LogP contribution in [-0.4, -0.2) is 33.1 Å². The van der Waals surface area contributed by atoms with E-state index in [1.165, 1.54) is 6.07 Å². The Labute approximate surface area is 111 Å². The maximum atomic E-state index is 11.1. The lowest BCUT2D eigenvalue weighted by Crippen LogP contribution is -2.16. The van der Waals surface area contributed by atoms with E-state index in [0.29, 0.717) is 12.5 Å². The quantitative estimate of drug-likeness (QED) is 0.836. The van der Waals surface area contributed by atoms with Gasteiger partial charge in [-0.2, -0.15) is 0 Å². The van der Waals surface area contributed by atoms with Crippen LogP contribution in [0.1, 0.15) is 6.42 Å². The molecule has 100 valence electrons. The summed E-state index contributed by atoms with van der Waals surface area (Å²) in [5.74, 6) is 0.664. The van der Waals surface area contributed by atoms with Crippen molar-refractivity contribution in [3.05, 3.63) is 17.3 Å². The van der Waals surface area contributed by atoms with Gasteiger partial charge in [-0.3, -0.25) is 0 Å². The molecule has 1 aliphatic heterocycles. The van der Waals surface area contributed by atoms with E-state index in [4.69, 9.17) is 21.5 Å². The number of nitrogens with zero attached hydrogens (tertiary/aromatic N) is 1. The fraction of sp³-hybridized carbons (Fsp3) is 0.500. The number of sulfonamides is 1. The van der Waals surface area contributed by atoms with Crippen LogP contribution in [0.25, 0.3) is 0 Å². The van der Waals surface area contributed by atoms with E-state index >= 15 is 0 Å². The van der Waals surface area contributed by atoms with Gasteiger partial charge in [-0.05, 0) is 19.0 Å². The highest BCUT2D eigenvalue weighted by atomic mass is 35.5. The SMILES string of the molecule is NS(=O)(=O)c1cnc(OC[C@@H]2CCNC2)c(Cl)c1. The third-order valence-corrected chi connectivity index (χ3v) is 3.88. The highest BCUT2D eigenvalue weighted by molar-refractivity contribution is 7.89. The molecule has 0 aromatic carbocycles. The molecule has 1 fully saturated rings. The molecule has 8 heteroatoms. The molecule has 1 aromatic heterocycles. The van der Waals surface area contributed by atoms with E-state index < -0.39 is 10.0 Å².